The first kappa shape index (κ1) is 20.5. The molecule has 0 aliphatic carbocycles. The summed E-state index contributed by atoms with van der Waals surface area (Å²) in [4.78, 5) is 12.6. The van der Waals surface area contributed by atoms with Crippen molar-refractivity contribution in [2.24, 2.45) is 5.10 Å². The zero-order valence-electron chi connectivity index (χ0n) is 14.2. The van der Waals surface area contributed by atoms with Crippen molar-refractivity contribution in [1.82, 2.24) is 5.01 Å². The highest BCUT2D eigenvalue weighted by Gasteiger charge is 2.51. The second-order valence-corrected chi connectivity index (χ2v) is 6.03. The molecule has 1 aromatic carbocycles. The van der Waals surface area contributed by atoms with E-state index in [1.807, 2.05) is 0 Å². The number of halogens is 6. The van der Waals surface area contributed by atoms with Gasteiger partial charge in [-0.05, 0) is 32.0 Å². The summed E-state index contributed by atoms with van der Waals surface area (Å²) in [6.07, 6.45) is -10.3. The molecule has 1 aliphatic rings. The van der Waals surface area contributed by atoms with Crippen LogP contribution in [0.2, 0.25) is 0 Å². The molecular formula is C16H14F6N4O. The van der Waals surface area contributed by atoms with Gasteiger partial charge in [0.1, 0.15) is 11.3 Å². The highest BCUT2D eigenvalue weighted by molar-refractivity contribution is 6.04. The van der Waals surface area contributed by atoms with Gasteiger partial charge in [0, 0.05) is 18.7 Å². The summed E-state index contributed by atoms with van der Waals surface area (Å²) in [5, 5.41) is 15.3. The van der Waals surface area contributed by atoms with Gasteiger partial charge in [0.05, 0.1) is 17.2 Å². The lowest BCUT2D eigenvalue weighted by Gasteiger charge is -2.32. The topological polar surface area (TPSA) is 68.5 Å². The number of benzene rings is 1. The fourth-order valence-corrected chi connectivity index (χ4v) is 2.70. The summed E-state index contributed by atoms with van der Waals surface area (Å²) in [7, 11) is 0. The Kier molecular flexibility index (Phi) is 5.14. The van der Waals surface area contributed by atoms with E-state index < -0.39 is 47.1 Å². The molecule has 0 unspecified atom stereocenters. The Balaban J connectivity index is 2.31. The Labute approximate surface area is 150 Å². The van der Waals surface area contributed by atoms with Crippen LogP contribution in [-0.4, -0.2) is 34.9 Å². The number of carbonyl (C=O) groups excluding carboxylic acids is 1. The predicted octanol–water partition coefficient (Wildman–Crippen LogP) is 3.92. The Bertz CT molecular complexity index is 824. The quantitative estimate of drug-likeness (QED) is 0.793. The number of hydrazone groups is 1. The molecule has 0 aromatic heterocycles. The van der Waals surface area contributed by atoms with Crippen molar-refractivity contribution in [3.8, 4) is 6.07 Å². The molecule has 0 saturated carbocycles. The van der Waals surface area contributed by atoms with Gasteiger partial charge in [-0.3, -0.25) is 9.80 Å². The van der Waals surface area contributed by atoms with Gasteiger partial charge >= 0.3 is 12.4 Å². The molecule has 1 aliphatic heterocycles. The molecule has 0 spiro atoms. The molecule has 1 atom stereocenters. The van der Waals surface area contributed by atoms with E-state index >= 15 is 0 Å². The zero-order valence-corrected chi connectivity index (χ0v) is 14.2. The van der Waals surface area contributed by atoms with Gasteiger partial charge < -0.3 is 5.32 Å². The maximum atomic E-state index is 13.0. The number of carbonyl (C=O) groups is 1. The molecule has 11 heteroatoms. The van der Waals surface area contributed by atoms with E-state index in [-0.39, 0.29) is 12.2 Å². The van der Waals surface area contributed by atoms with Crippen LogP contribution in [0.25, 0.3) is 0 Å². The van der Waals surface area contributed by atoms with Crippen LogP contribution in [0, 0.1) is 11.3 Å². The summed E-state index contributed by atoms with van der Waals surface area (Å²) in [6.45, 7) is 2.71. The monoisotopic (exact) mass is 392 g/mol. The molecule has 27 heavy (non-hydrogen) atoms. The Morgan fingerprint density at radius 3 is 2.41 bits per heavy atom. The largest absolute Gasteiger partial charge is 0.431 e. The van der Waals surface area contributed by atoms with Crippen molar-refractivity contribution in [1.29, 1.82) is 5.26 Å². The fourth-order valence-electron chi connectivity index (χ4n) is 2.70. The molecule has 0 saturated heterocycles. The van der Waals surface area contributed by atoms with E-state index in [1.54, 1.807) is 0 Å². The van der Waals surface area contributed by atoms with Crippen LogP contribution in [0.5, 0.6) is 0 Å². The highest BCUT2D eigenvalue weighted by Crippen LogP contribution is 2.36. The van der Waals surface area contributed by atoms with Gasteiger partial charge in [0.15, 0.2) is 0 Å². The minimum atomic E-state index is -4.83. The van der Waals surface area contributed by atoms with Crippen LogP contribution in [0.4, 0.5) is 32.0 Å². The zero-order chi connectivity index (χ0) is 20.6. The van der Waals surface area contributed by atoms with Crippen molar-refractivity contribution in [3.05, 3.63) is 29.3 Å². The normalized spacial score (nSPS) is 20.3. The summed E-state index contributed by atoms with van der Waals surface area (Å²) in [5.74, 6) is -0.940. The van der Waals surface area contributed by atoms with E-state index in [0.29, 0.717) is 6.07 Å². The molecule has 0 bridgehead atoms. The number of nitrogens with one attached hydrogen (secondary N) is 1. The average molecular weight is 392 g/mol. The van der Waals surface area contributed by atoms with E-state index in [2.05, 4.69) is 10.4 Å². The van der Waals surface area contributed by atoms with E-state index in [4.69, 9.17) is 5.26 Å². The average Bonchev–Trinajstić information content (AvgIpc) is 2.92. The van der Waals surface area contributed by atoms with Crippen LogP contribution >= 0.6 is 0 Å². The number of nitriles is 1. The minimum absolute atomic E-state index is 0.00925. The van der Waals surface area contributed by atoms with E-state index in [0.717, 1.165) is 17.1 Å². The minimum Gasteiger partial charge on any atom is -0.324 e. The van der Waals surface area contributed by atoms with Crippen molar-refractivity contribution in [2.45, 2.75) is 38.2 Å². The highest BCUT2D eigenvalue weighted by atomic mass is 19.4. The van der Waals surface area contributed by atoms with Crippen molar-refractivity contribution < 1.29 is 31.1 Å². The molecule has 0 fully saturated rings. The van der Waals surface area contributed by atoms with Gasteiger partial charge in [-0.25, -0.2) is 0 Å². The summed E-state index contributed by atoms with van der Waals surface area (Å²) < 4.78 is 77.8. The molecular weight excluding hydrogens is 378 g/mol. The molecule has 0 radical (unpaired) electrons. The first-order valence-corrected chi connectivity index (χ1v) is 7.68. The van der Waals surface area contributed by atoms with Gasteiger partial charge in [0.2, 0.25) is 0 Å². The number of anilines is 1. The molecule has 1 amide bonds. The number of amides is 1. The van der Waals surface area contributed by atoms with Crippen LogP contribution < -0.4 is 5.32 Å². The second kappa shape index (κ2) is 6.75. The molecule has 1 aromatic rings. The third kappa shape index (κ3) is 3.99. The van der Waals surface area contributed by atoms with Gasteiger partial charge in [-0.1, -0.05) is 0 Å². The lowest BCUT2D eigenvalue weighted by molar-refractivity contribution is -0.137. The fraction of sp³-hybridized carbons (Fsp3) is 0.438. The summed E-state index contributed by atoms with van der Waals surface area (Å²) in [5.41, 5.74) is -5.03. The van der Waals surface area contributed by atoms with E-state index in [9.17, 15) is 31.1 Å². The summed E-state index contributed by atoms with van der Waals surface area (Å²) in [6, 6.07) is 3.92. The SMILES string of the molecule is CCN1N=C(C(F)(F)F)C[C@]1(C)C(=O)Nc1ccc(C#N)c(C(F)(F)F)c1. The van der Waals surface area contributed by atoms with Gasteiger partial charge in [-0.15, -0.1) is 0 Å². The second-order valence-electron chi connectivity index (χ2n) is 6.03. The number of hydrogen-bond acceptors (Lipinski definition) is 4. The maximum absolute atomic E-state index is 13.0. The lowest BCUT2D eigenvalue weighted by Crippen LogP contribution is -2.50. The van der Waals surface area contributed by atoms with Crippen molar-refractivity contribution >= 4 is 17.3 Å². The first-order valence-electron chi connectivity index (χ1n) is 7.68. The number of rotatable bonds is 3. The Hall–Kier alpha value is -2.77. The molecule has 1 N–H and O–H groups in total. The van der Waals surface area contributed by atoms with Crippen LogP contribution in [0.1, 0.15) is 31.4 Å². The number of nitrogens with zero attached hydrogens (tertiary/aromatic N) is 3. The lowest BCUT2D eigenvalue weighted by atomic mass is 9.94. The third-order valence-corrected chi connectivity index (χ3v) is 4.14. The van der Waals surface area contributed by atoms with Crippen LogP contribution in [0.3, 0.4) is 0 Å². The standard InChI is InChI=1S/C16H14F6N4O/c1-3-26-14(2,7-12(25-26)16(20,21)22)13(27)24-10-5-4-9(8-23)11(6-10)15(17,18)19/h4-6H,3,7H2,1-2H3,(H,24,27)/t14-/m1/s1. The molecule has 146 valence electrons. The smallest absolute Gasteiger partial charge is 0.324 e. The Morgan fingerprint density at radius 2 is 1.93 bits per heavy atom. The molecule has 2 rings (SSSR count). The summed E-state index contributed by atoms with van der Waals surface area (Å²) >= 11 is 0. The maximum Gasteiger partial charge on any atom is 0.431 e. The number of alkyl halides is 6. The molecule has 5 nitrogen and oxygen atoms in total. The van der Waals surface area contributed by atoms with Crippen molar-refractivity contribution in [3.63, 3.8) is 0 Å². The first-order chi connectivity index (χ1) is 12.3. The Morgan fingerprint density at radius 1 is 1.30 bits per heavy atom. The van der Waals surface area contributed by atoms with Gasteiger partial charge in [0.25, 0.3) is 5.91 Å². The van der Waals surface area contributed by atoms with Crippen LogP contribution in [-0.2, 0) is 11.0 Å². The van der Waals surface area contributed by atoms with E-state index in [1.165, 1.54) is 19.9 Å². The number of hydrogen-bond donors (Lipinski definition) is 1. The third-order valence-electron chi connectivity index (χ3n) is 4.14. The predicted molar refractivity (Wildman–Crippen MR) is 83.7 cm³/mol. The number of likely N-dealkylation sites (N-methyl/N-ethyl adjacent to an activating group) is 1. The molecule has 1 heterocycles. The van der Waals surface area contributed by atoms with Crippen molar-refractivity contribution in [2.75, 3.05) is 11.9 Å². The van der Waals surface area contributed by atoms with Crippen LogP contribution in [0.15, 0.2) is 23.3 Å². The van der Waals surface area contributed by atoms with Gasteiger partial charge in [-0.2, -0.15) is 36.7 Å².